The number of thiazole rings is 1. The number of oxime groups is 1. The zero-order valence-corrected chi connectivity index (χ0v) is 42.0. The quantitative estimate of drug-likeness (QED) is 0.0219. The van der Waals surface area contributed by atoms with Crippen molar-refractivity contribution < 1.29 is 33.5 Å². The average molecular weight is 1040 g/mol. The van der Waals surface area contributed by atoms with E-state index in [0.717, 1.165) is 23.1 Å². The third-order valence-electron chi connectivity index (χ3n) is 11.2. The van der Waals surface area contributed by atoms with Crippen molar-refractivity contribution in [3.8, 4) is 0 Å². The Morgan fingerprint density at radius 1 is 0.792 bits per heavy atom. The molecule has 0 aliphatic carbocycles. The lowest BCUT2D eigenvalue weighted by molar-refractivity contribution is -0.164. The summed E-state index contributed by atoms with van der Waals surface area (Å²) in [5.74, 6) is -2.00. The Kier molecular flexibility index (Phi) is 14.7. The lowest BCUT2D eigenvalue weighted by atomic mass is 9.80. The first-order valence-corrected chi connectivity index (χ1v) is 25.4. The van der Waals surface area contributed by atoms with E-state index in [-0.39, 0.29) is 26.1 Å². The van der Waals surface area contributed by atoms with Crippen molar-refractivity contribution in [3.63, 3.8) is 0 Å². The Morgan fingerprint density at radius 2 is 1.33 bits per heavy atom. The number of nitrogen functional groups attached to an aromatic ring is 1. The number of rotatable bonds is 15. The fourth-order valence-electron chi connectivity index (χ4n) is 8.04. The molecule has 3 atom stereocenters. The predicted octanol–water partition coefficient (Wildman–Crippen LogP) is 9.96. The van der Waals surface area contributed by atoms with Gasteiger partial charge in [0.25, 0.3) is 5.91 Å². The smallest absolute Gasteiger partial charge is 0.413 e. The first kappa shape index (κ1) is 49.5. The van der Waals surface area contributed by atoms with Crippen LogP contribution in [0.2, 0.25) is 4.34 Å². The van der Waals surface area contributed by atoms with Gasteiger partial charge >= 0.3 is 12.1 Å². The van der Waals surface area contributed by atoms with Gasteiger partial charge in [0.15, 0.2) is 28.1 Å². The number of amides is 3. The van der Waals surface area contributed by atoms with Gasteiger partial charge in [0, 0.05) is 27.8 Å². The van der Waals surface area contributed by atoms with E-state index in [1.807, 2.05) is 152 Å². The van der Waals surface area contributed by atoms with Gasteiger partial charge in [-0.05, 0) is 43.4 Å². The molecule has 1 saturated heterocycles. The maximum absolute atomic E-state index is 15.0. The van der Waals surface area contributed by atoms with Gasteiger partial charge in [-0.2, -0.15) is 0 Å². The van der Waals surface area contributed by atoms with Crippen molar-refractivity contribution in [1.82, 2.24) is 25.2 Å². The van der Waals surface area contributed by atoms with Crippen molar-refractivity contribution in [3.05, 3.63) is 212 Å². The monoisotopic (exact) mass is 1040 g/mol. The highest BCUT2D eigenvalue weighted by Crippen LogP contribution is 2.46. The molecule has 7 aromatic rings. The summed E-state index contributed by atoms with van der Waals surface area (Å²) in [7, 11) is 0. The number of benzene rings is 5. The van der Waals surface area contributed by atoms with Gasteiger partial charge < -0.3 is 30.3 Å². The highest BCUT2D eigenvalue weighted by Gasteiger charge is 2.57. The third kappa shape index (κ3) is 10.7. The van der Waals surface area contributed by atoms with Gasteiger partial charge in [0.05, 0.1) is 0 Å². The highest BCUT2D eigenvalue weighted by molar-refractivity contribution is 8.06. The predicted molar refractivity (Wildman–Crippen MR) is 279 cm³/mol. The summed E-state index contributed by atoms with van der Waals surface area (Å²) in [5, 5.41) is 11.2. The molecule has 4 heterocycles. The average Bonchev–Trinajstić information content (AvgIpc) is 3.74. The highest BCUT2D eigenvalue weighted by atomic mass is 35.5. The summed E-state index contributed by atoms with van der Waals surface area (Å²) in [6.07, 6.45) is -0.138. The van der Waals surface area contributed by atoms with Gasteiger partial charge in [-0.25, -0.2) is 24.5 Å². The lowest BCUT2D eigenvalue weighted by Gasteiger charge is -2.51. The van der Waals surface area contributed by atoms with Crippen LogP contribution in [0.1, 0.15) is 60.4 Å². The topological polar surface area (TPSA) is 200 Å². The first-order chi connectivity index (χ1) is 34.8. The minimum atomic E-state index is -1.45. The van der Waals surface area contributed by atoms with Crippen molar-refractivity contribution in [2.24, 2.45) is 5.16 Å². The molecule has 3 amide bonds. The standard InChI is InChI=1S/C53H45ClN8O7S3/c1-52(2,3)68-51(66)60-50-59-39(44(54)72-50)40(61-69-53(34-23-13-6-14-24-34,35-25-15-7-16-26-35)36-27-17-8-18-28-36)45(63)58-41-46(64)62-42(37(31-70-47(41)62)71-49-56-30-29-38(55)57-49)48(65)67-43(32-19-9-4-10-20-32)33-21-11-5-12-22-33/h4-31,41-43,47H,1-3H3,(H,58,63)(H2,55,56,57)(H,59,60,66)/b61-40-/t41?,42?,47-/m1/s1. The second-order valence-corrected chi connectivity index (χ2v) is 20.9. The summed E-state index contributed by atoms with van der Waals surface area (Å²) in [6, 6.07) is 45.8. The number of nitrogens with zero attached hydrogens (tertiary/aromatic N) is 5. The van der Waals surface area contributed by atoms with Crippen LogP contribution in [-0.2, 0) is 34.3 Å². The van der Waals surface area contributed by atoms with E-state index >= 15 is 4.79 Å². The Hall–Kier alpha value is -7.51. The molecule has 0 saturated carbocycles. The number of esters is 1. The zero-order valence-electron chi connectivity index (χ0n) is 38.7. The number of halogens is 1. The van der Waals surface area contributed by atoms with Crippen LogP contribution in [0.3, 0.4) is 0 Å². The number of anilines is 2. The molecule has 2 unspecified atom stereocenters. The third-order valence-corrected chi connectivity index (χ3v) is 14.7. The largest absolute Gasteiger partial charge is 0.451 e. The molecule has 2 aromatic heterocycles. The number of hydrogen-bond donors (Lipinski definition) is 3. The summed E-state index contributed by atoms with van der Waals surface area (Å²) in [5.41, 5.74) is 6.63. The van der Waals surface area contributed by atoms with E-state index in [2.05, 4.69) is 30.7 Å². The molecule has 2 aliphatic rings. The summed E-state index contributed by atoms with van der Waals surface area (Å²) in [4.78, 5) is 79.2. The number of ether oxygens (including phenoxy) is 2. The Morgan fingerprint density at radius 3 is 1.86 bits per heavy atom. The van der Waals surface area contributed by atoms with Crippen LogP contribution >= 0.6 is 46.5 Å². The number of nitrogens with one attached hydrogen (secondary N) is 2. The van der Waals surface area contributed by atoms with Crippen molar-refractivity contribution in [1.29, 1.82) is 0 Å². The van der Waals surface area contributed by atoms with Crippen LogP contribution < -0.4 is 16.4 Å². The first-order valence-electron chi connectivity index (χ1n) is 22.4. The van der Waals surface area contributed by atoms with Crippen LogP contribution in [0.4, 0.5) is 15.7 Å². The molecule has 15 nitrogen and oxygen atoms in total. The molecule has 9 rings (SSSR count). The number of fused-ring (bicyclic) bond motifs is 1. The number of thioether (sulfide) groups is 2. The minimum Gasteiger partial charge on any atom is -0.451 e. The molecule has 19 heteroatoms. The van der Waals surface area contributed by atoms with Crippen LogP contribution in [0.25, 0.3) is 0 Å². The number of aromatic nitrogens is 3. The molecule has 2 aliphatic heterocycles. The molecule has 364 valence electrons. The summed E-state index contributed by atoms with van der Waals surface area (Å²) >= 11 is 10.0. The van der Waals surface area contributed by atoms with Crippen molar-refractivity contribution >= 4 is 87.0 Å². The fraction of sp³-hybridized carbons (Fsp3) is 0.170. The van der Waals surface area contributed by atoms with Gasteiger partial charge in [0.2, 0.25) is 11.5 Å². The molecule has 5 aromatic carbocycles. The van der Waals surface area contributed by atoms with Crippen LogP contribution in [0.15, 0.2) is 185 Å². The normalized spacial score (nSPS) is 16.7. The molecular weight excluding hydrogens is 992 g/mol. The lowest BCUT2D eigenvalue weighted by Crippen LogP contribution is -2.74. The number of nitrogens with two attached hydrogens (primary N) is 1. The Balaban J connectivity index is 1.08. The minimum absolute atomic E-state index is 0.00362. The van der Waals surface area contributed by atoms with E-state index < -0.39 is 64.4 Å². The SMILES string of the molecule is CC(C)(C)OC(=O)Nc1nc(/C(=N/OC(c2ccccc2)(c2ccccc2)c2ccccc2)C(=O)NC2C(=O)N3C(C(=O)OC(c4ccccc4)c4ccccc4)C(Sc4nccc(N)n4)=CS[C@H]23)c(Cl)s1. The van der Waals surface area contributed by atoms with E-state index in [9.17, 15) is 14.4 Å². The van der Waals surface area contributed by atoms with E-state index in [1.165, 1.54) is 28.9 Å². The Bertz CT molecular complexity index is 3010. The number of carbonyl (C=O) groups is 4. The van der Waals surface area contributed by atoms with Gasteiger partial charge in [0.1, 0.15) is 32.9 Å². The van der Waals surface area contributed by atoms with E-state index in [1.54, 1.807) is 26.2 Å². The van der Waals surface area contributed by atoms with Gasteiger partial charge in [-0.1, -0.05) is 192 Å². The molecule has 0 bridgehead atoms. The Labute approximate surface area is 432 Å². The van der Waals surface area contributed by atoms with Crippen molar-refractivity contribution in [2.75, 3.05) is 11.1 Å². The van der Waals surface area contributed by atoms with E-state index in [0.29, 0.717) is 32.7 Å². The molecule has 0 spiro atoms. The fourth-order valence-corrected chi connectivity index (χ4v) is 11.3. The molecule has 4 N–H and O–H groups in total. The number of carbonyl (C=O) groups excluding carboxylic acids is 4. The zero-order chi connectivity index (χ0) is 50.4. The maximum atomic E-state index is 15.0. The van der Waals surface area contributed by atoms with Crippen LogP contribution in [0, 0.1) is 0 Å². The second-order valence-electron chi connectivity index (χ2n) is 17.2. The summed E-state index contributed by atoms with van der Waals surface area (Å²) < 4.78 is 11.8. The summed E-state index contributed by atoms with van der Waals surface area (Å²) in [6.45, 7) is 5.14. The maximum Gasteiger partial charge on any atom is 0.413 e. The molecule has 0 radical (unpaired) electrons. The molecule has 1 fully saturated rings. The molecule has 72 heavy (non-hydrogen) atoms. The van der Waals surface area contributed by atoms with E-state index in [4.69, 9.17) is 31.6 Å². The van der Waals surface area contributed by atoms with Crippen LogP contribution in [0.5, 0.6) is 0 Å². The van der Waals surface area contributed by atoms with Gasteiger partial charge in [-0.15, -0.1) is 11.8 Å². The molecular formula is C53H45ClN8O7S3. The van der Waals surface area contributed by atoms with Gasteiger partial charge in [-0.3, -0.25) is 14.9 Å². The second kappa shape index (κ2) is 21.5. The van der Waals surface area contributed by atoms with Crippen molar-refractivity contribution in [2.45, 2.75) is 60.7 Å². The number of hydrogen-bond acceptors (Lipinski definition) is 15. The van der Waals surface area contributed by atoms with Crippen LogP contribution in [-0.4, -0.2) is 72.5 Å². The number of β-lactam (4-membered cyclic amide) rings is 1.